The smallest absolute Gasteiger partial charge is 0.131 e. The molecule has 0 saturated carbocycles. The van der Waals surface area contributed by atoms with Crippen molar-refractivity contribution in [1.82, 2.24) is 4.90 Å². The number of hydrogen-bond donors (Lipinski definition) is 0. The van der Waals surface area contributed by atoms with E-state index in [-0.39, 0.29) is 23.5 Å². The van der Waals surface area contributed by atoms with E-state index >= 15 is 0 Å². The maximum Gasteiger partial charge on any atom is 0.131 e. The van der Waals surface area contributed by atoms with E-state index in [0.717, 1.165) is 79.8 Å². The van der Waals surface area contributed by atoms with Crippen molar-refractivity contribution in [3.05, 3.63) is 125 Å². The summed E-state index contributed by atoms with van der Waals surface area (Å²) in [6, 6.07) is 26.8. The molecule has 1 heterocycles. The zero-order chi connectivity index (χ0) is 27.2. The first kappa shape index (κ1) is 27.0. The topological polar surface area (TPSA) is 6.48 Å². The molecule has 0 unspecified atom stereocenters. The number of hydrogen-bond acceptors (Lipinski definition) is 2. The van der Waals surface area contributed by atoms with Crippen molar-refractivity contribution < 1.29 is 13.2 Å². The van der Waals surface area contributed by atoms with E-state index in [1.165, 1.54) is 24.3 Å². The van der Waals surface area contributed by atoms with Gasteiger partial charge in [-0.25, -0.2) is 13.2 Å². The molecule has 1 saturated heterocycles. The Labute approximate surface area is 229 Å². The van der Waals surface area contributed by atoms with E-state index < -0.39 is 0 Å². The van der Waals surface area contributed by atoms with E-state index in [1.807, 2.05) is 48.5 Å². The highest BCUT2D eigenvalue weighted by Gasteiger charge is 2.27. The predicted molar refractivity (Wildman–Crippen MR) is 153 cm³/mol. The molecule has 4 aromatic rings. The molecule has 1 aliphatic rings. The van der Waals surface area contributed by atoms with E-state index in [9.17, 15) is 13.2 Å². The van der Waals surface area contributed by atoms with Crippen molar-refractivity contribution in [2.24, 2.45) is 0 Å². The average molecular weight is 529 g/mol. The number of benzene rings is 4. The van der Waals surface area contributed by atoms with Gasteiger partial charge in [-0.15, -0.1) is 0 Å². The zero-order valence-corrected chi connectivity index (χ0v) is 22.4. The van der Waals surface area contributed by atoms with Gasteiger partial charge in [0.15, 0.2) is 0 Å². The fourth-order valence-corrected chi connectivity index (χ4v) is 5.52. The second kappa shape index (κ2) is 12.5. The third-order valence-electron chi connectivity index (χ3n) is 7.70. The molecule has 39 heavy (non-hydrogen) atoms. The van der Waals surface area contributed by atoms with Gasteiger partial charge in [0.1, 0.15) is 17.5 Å². The van der Waals surface area contributed by atoms with Crippen LogP contribution in [0.15, 0.2) is 91.0 Å². The van der Waals surface area contributed by atoms with Crippen LogP contribution >= 0.6 is 0 Å². The maximum absolute atomic E-state index is 14.9. The van der Waals surface area contributed by atoms with Crippen LogP contribution in [0, 0.1) is 17.5 Å². The molecule has 0 amide bonds. The number of rotatable bonds is 9. The van der Waals surface area contributed by atoms with Gasteiger partial charge in [-0.05, 0) is 77.6 Å². The molecule has 0 bridgehead atoms. The first-order valence-electron chi connectivity index (χ1n) is 13.9. The van der Waals surface area contributed by atoms with Gasteiger partial charge in [0.2, 0.25) is 0 Å². The number of halogens is 3. The highest BCUT2D eigenvalue weighted by atomic mass is 19.1. The largest absolute Gasteiger partial charge is 0.369 e. The van der Waals surface area contributed by atoms with Crippen molar-refractivity contribution in [2.45, 2.75) is 38.6 Å². The molecule has 2 nitrogen and oxygen atoms in total. The van der Waals surface area contributed by atoms with E-state index in [4.69, 9.17) is 0 Å². The minimum atomic E-state index is -0.271. The van der Waals surface area contributed by atoms with E-state index in [0.29, 0.717) is 5.56 Å². The van der Waals surface area contributed by atoms with Crippen LogP contribution in [-0.2, 0) is 6.42 Å². The third kappa shape index (κ3) is 6.54. The van der Waals surface area contributed by atoms with Crippen LogP contribution in [0.2, 0.25) is 0 Å². The van der Waals surface area contributed by atoms with Crippen LogP contribution < -0.4 is 4.90 Å². The summed E-state index contributed by atoms with van der Waals surface area (Å²) in [5.41, 5.74) is 5.64. The van der Waals surface area contributed by atoms with Gasteiger partial charge in [-0.1, -0.05) is 68.3 Å². The van der Waals surface area contributed by atoms with Crippen LogP contribution in [0.5, 0.6) is 0 Å². The lowest BCUT2D eigenvalue weighted by Crippen LogP contribution is -2.48. The van der Waals surface area contributed by atoms with Crippen LogP contribution in [0.4, 0.5) is 18.9 Å². The Balaban J connectivity index is 1.26. The van der Waals surface area contributed by atoms with Gasteiger partial charge in [0.05, 0.1) is 6.04 Å². The molecule has 0 spiro atoms. The first-order chi connectivity index (χ1) is 19.0. The van der Waals surface area contributed by atoms with Gasteiger partial charge in [0.25, 0.3) is 0 Å². The Hall–Kier alpha value is -3.57. The van der Waals surface area contributed by atoms with E-state index in [1.54, 1.807) is 6.07 Å². The molecule has 0 aromatic heterocycles. The lowest BCUT2D eigenvalue weighted by molar-refractivity contribution is 0.212. The Morgan fingerprint density at radius 2 is 1.26 bits per heavy atom. The standard InChI is InChI=1S/C34H35F3N2/c1-2-3-4-5-25-6-19-32(33(37)24-25)26-11-17-31(18-12-26)38-20-22-39(23-21-38)34(27-7-13-29(35)14-8-27)28-9-15-30(36)16-10-28/h6-19,24,34H,2-5,20-23H2,1H3. The molecule has 0 N–H and O–H groups in total. The molecular formula is C34H35F3N2. The molecule has 0 aliphatic carbocycles. The summed E-state index contributed by atoms with van der Waals surface area (Å²) >= 11 is 0. The van der Waals surface area contributed by atoms with Crippen molar-refractivity contribution >= 4 is 5.69 Å². The van der Waals surface area contributed by atoms with Gasteiger partial charge in [0, 0.05) is 37.4 Å². The van der Waals surface area contributed by atoms with Crippen molar-refractivity contribution in [3.63, 3.8) is 0 Å². The monoisotopic (exact) mass is 528 g/mol. The molecule has 5 rings (SSSR count). The molecule has 4 aromatic carbocycles. The quantitative estimate of drug-likeness (QED) is 0.201. The number of nitrogens with zero attached hydrogens (tertiary/aromatic N) is 2. The van der Waals surface area contributed by atoms with Crippen LogP contribution in [-0.4, -0.2) is 31.1 Å². The SMILES string of the molecule is CCCCCc1ccc(-c2ccc(N3CCN(C(c4ccc(F)cc4)c4ccc(F)cc4)CC3)cc2)c(F)c1. The first-order valence-corrected chi connectivity index (χ1v) is 13.9. The Morgan fingerprint density at radius 1 is 0.667 bits per heavy atom. The number of piperazine rings is 1. The predicted octanol–water partition coefficient (Wildman–Crippen LogP) is 8.42. The van der Waals surface area contributed by atoms with Gasteiger partial charge >= 0.3 is 0 Å². The maximum atomic E-state index is 14.9. The molecule has 1 fully saturated rings. The number of aryl methyl sites for hydroxylation is 1. The Morgan fingerprint density at radius 3 is 1.79 bits per heavy atom. The molecule has 0 radical (unpaired) electrons. The second-order valence-electron chi connectivity index (χ2n) is 10.3. The molecular weight excluding hydrogens is 493 g/mol. The van der Waals surface area contributed by atoms with Crippen molar-refractivity contribution in [2.75, 3.05) is 31.1 Å². The minimum Gasteiger partial charge on any atom is -0.369 e. The fraction of sp³-hybridized carbons (Fsp3) is 0.294. The molecule has 5 heteroatoms. The van der Waals surface area contributed by atoms with Gasteiger partial charge in [-0.3, -0.25) is 4.90 Å². The Kier molecular flexibility index (Phi) is 8.67. The molecule has 0 atom stereocenters. The third-order valence-corrected chi connectivity index (χ3v) is 7.70. The van der Waals surface area contributed by atoms with E-state index in [2.05, 4.69) is 28.9 Å². The Bertz CT molecular complexity index is 1300. The van der Waals surface area contributed by atoms with Gasteiger partial charge < -0.3 is 4.90 Å². The zero-order valence-electron chi connectivity index (χ0n) is 22.4. The highest BCUT2D eigenvalue weighted by Crippen LogP contribution is 2.32. The molecule has 1 aliphatic heterocycles. The summed E-state index contributed by atoms with van der Waals surface area (Å²) in [7, 11) is 0. The lowest BCUT2D eigenvalue weighted by Gasteiger charge is -2.40. The highest BCUT2D eigenvalue weighted by molar-refractivity contribution is 5.67. The second-order valence-corrected chi connectivity index (χ2v) is 10.3. The summed E-state index contributed by atoms with van der Waals surface area (Å²) < 4.78 is 42.1. The minimum absolute atomic E-state index is 0.0800. The number of unbranched alkanes of at least 4 members (excludes halogenated alkanes) is 2. The van der Waals surface area contributed by atoms with Crippen molar-refractivity contribution in [1.29, 1.82) is 0 Å². The van der Waals surface area contributed by atoms with Gasteiger partial charge in [-0.2, -0.15) is 0 Å². The van der Waals surface area contributed by atoms with Crippen LogP contribution in [0.1, 0.15) is 48.9 Å². The van der Waals surface area contributed by atoms with Crippen LogP contribution in [0.3, 0.4) is 0 Å². The number of anilines is 1. The lowest BCUT2D eigenvalue weighted by atomic mass is 9.96. The summed E-state index contributed by atoms with van der Waals surface area (Å²) in [5, 5.41) is 0. The molecule has 202 valence electrons. The summed E-state index contributed by atoms with van der Waals surface area (Å²) in [6.45, 7) is 5.41. The normalized spacial score (nSPS) is 14.2. The summed E-state index contributed by atoms with van der Waals surface area (Å²) in [5.74, 6) is -0.710. The van der Waals surface area contributed by atoms with Crippen molar-refractivity contribution in [3.8, 4) is 11.1 Å². The summed E-state index contributed by atoms with van der Waals surface area (Å²) in [6.07, 6.45) is 4.33. The fourth-order valence-electron chi connectivity index (χ4n) is 5.52. The van der Waals surface area contributed by atoms with Crippen LogP contribution in [0.25, 0.3) is 11.1 Å². The average Bonchev–Trinajstić information content (AvgIpc) is 2.96. The summed E-state index contributed by atoms with van der Waals surface area (Å²) in [4.78, 5) is 4.70.